The number of nitrogens with zero attached hydrogens (tertiary/aromatic N) is 1. The van der Waals surface area contributed by atoms with E-state index in [1.165, 1.54) is 25.8 Å². The van der Waals surface area contributed by atoms with Gasteiger partial charge in [0.2, 0.25) is 0 Å². The summed E-state index contributed by atoms with van der Waals surface area (Å²) in [6.45, 7) is 3.51. The molecular weight excluding hydrogens is 198 g/mol. The molecule has 78 valence electrons. The monoisotopic (exact) mass is 211 g/mol. The van der Waals surface area contributed by atoms with Crippen molar-refractivity contribution in [1.82, 2.24) is 0 Å². The number of hydrogen-bond donors (Lipinski definition) is 0. The van der Waals surface area contributed by atoms with Crippen LogP contribution in [-0.4, -0.2) is 23.9 Å². The Morgan fingerprint density at radius 1 is 1.31 bits per heavy atom. The predicted molar refractivity (Wildman–Crippen MR) is 35.6 cm³/mol. The Hall–Kier alpha value is -0.200. The molecule has 1 rings (SSSR count). The minimum absolute atomic E-state index is 1.25. The summed E-state index contributed by atoms with van der Waals surface area (Å²) in [5.74, 6) is 0. The minimum atomic E-state index is -4.94. The fourth-order valence-electron chi connectivity index (χ4n) is 1.32. The topological polar surface area (TPSA) is 95.2 Å². The van der Waals surface area contributed by atoms with E-state index in [0.717, 1.165) is 0 Å². The van der Waals surface area contributed by atoms with Crippen molar-refractivity contribution in [3.63, 3.8) is 0 Å². The van der Waals surface area contributed by atoms with Crippen molar-refractivity contribution < 1.29 is 33.5 Å². The summed E-state index contributed by atoms with van der Waals surface area (Å²) in [6, 6.07) is 0. The largest absolute Gasteiger partial charge is 0.240 e. The molecule has 1 aliphatic heterocycles. The summed E-state index contributed by atoms with van der Waals surface area (Å²) in [4.78, 5) is 0. The van der Waals surface area contributed by atoms with Gasteiger partial charge in [0, 0.05) is 19.3 Å². The lowest BCUT2D eigenvalue weighted by atomic mass is 10.2. The summed E-state index contributed by atoms with van der Waals surface area (Å²) in [5.41, 5.74) is 1.63. The SMILES string of the molecule is CCC1=[N+](C)CCC1.[O-][Cl+3]([O-])([O-])[O-]. The molecule has 0 aliphatic carbocycles. The molecule has 0 atom stereocenters. The summed E-state index contributed by atoms with van der Waals surface area (Å²) >= 11 is 0. The van der Waals surface area contributed by atoms with Gasteiger partial charge in [-0.05, 0) is 0 Å². The molecule has 0 fully saturated rings. The maximum atomic E-state index is 8.49. The van der Waals surface area contributed by atoms with E-state index in [4.69, 9.17) is 18.6 Å². The average molecular weight is 212 g/mol. The summed E-state index contributed by atoms with van der Waals surface area (Å²) in [6.07, 6.45) is 3.96. The fraction of sp³-hybridized carbons (Fsp3) is 0.857. The van der Waals surface area contributed by atoms with Crippen LogP contribution in [0, 0.1) is 10.2 Å². The molecule has 0 spiro atoms. The van der Waals surface area contributed by atoms with Crippen molar-refractivity contribution in [2.75, 3.05) is 13.6 Å². The molecule has 0 bridgehead atoms. The molecule has 0 amide bonds. The highest BCUT2D eigenvalue weighted by Gasteiger charge is 2.14. The summed E-state index contributed by atoms with van der Waals surface area (Å²) in [7, 11) is -2.76. The zero-order valence-corrected chi connectivity index (χ0v) is 8.54. The van der Waals surface area contributed by atoms with Crippen LogP contribution < -0.4 is 18.6 Å². The smallest absolute Gasteiger partial charge is 0.152 e. The molecule has 0 aromatic carbocycles. The molecule has 0 saturated carbocycles. The zero-order chi connectivity index (χ0) is 10.5. The van der Waals surface area contributed by atoms with Crippen LogP contribution in [0.15, 0.2) is 0 Å². The Morgan fingerprint density at radius 3 is 1.92 bits per heavy atom. The third-order valence-corrected chi connectivity index (χ3v) is 1.91. The second kappa shape index (κ2) is 5.51. The fourth-order valence-corrected chi connectivity index (χ4v) is 1.32. The molecule has 0 aromatic rings. The molecule has 0 unspecified atom stereocenters. The van der Waals surface area contributed by atoms with E-state index in [1.807, 2.05) is 0 Å². The molecule has 13 heavy (non-hydrogen) atoms. The van der Waals surface area contributed by atoms with Gasteiger partial charge in [-0.3, -0.25) is 0 Å². The molecule has 0 saturated heterocycles. The van der Waals surface area contributed by atoms with Gasteiger partial charge in [-0.2, -0.15) is 0 Å². The van der Waals surface area contributed by atoms with Gasteiger partial charge >= 0.3 is 0 Å². The second-order valence-electron chi connectivity index (χ2n) is 2.82. The van der Waals surface area contributed by atoms with Crippen molar-refractivity contribution in [2.45, 2.75) is 26.2 Å². The van der Waals surface area contributed by atoms with Gasteiger partial charge in [0.1, 0.15) is 13.6 Å². The Labute approximate surface area is 79.7 Å². The molecule has 6 heteroatoms. The molecule has 5 nitrogen and oxygen atoms in total. The Kier molecular flexibility index (Phi) is 5.43. The van der Waals surface area contributed by atoms with Gasteiger partial charge in [0.25, 0.3) is 0 Å². The van der Waals surface area contributed by atoms with Gasteiger partial charge < -0.3 is 0 Å². The van der Waals surface area contributed by atoms with E-state index in [-0.39, 0.29) is 0 Å². The Balaban J connectivity index is 0.000000252. The summed E-state index contributed by atoms with van der Waals surface area (Å²) < 4.78 is 36.3. The first kappa shape index (κ1) is 12.8. The quantitative estimate of drug-likeness (QED) is 0.421. The van der Waals surface area contributed by atoms with Crippen molar-refractivity contribution in [1.29, 1.82) is 0 Å². The number of halogens is 1. The molecular formula is C7H14ClNO4. The van der Waals surface area contributed by atoms with E-state index in [2.05, 4.69) is 18.5 Å². The first-order valence-electron chi connectivity index (χ1n) is 4.02. The highest BCUT2D eigenvalue weighted by atomic mass is 35.7. The highest BCUT2D eigenvalue weighted by Crippen LogP contribution is 2.04. The maximum Gasteiger partial charge on any atom is 0.152 e. The van der Waals surface area contributed by atoms with Crippen LogP contribution >= 0.6 is 0 Å². The van der Waals surface area contributed by atoms with Crippen LogP contribution in [0.4, 0.5) is 0 Å². The summed E-state index contributed by atoms with van der Waals surface area (Å²) in [5, 5.41) is 0. The molecule has 1 aliphatic rings. The lowest BCUT2D eigenvalue weighted by Crippen LogP contribution is -2.68. The zero-order valence-electron chi connectivity index (χ0n) is 7.79. The predicted octanol–water partition coefficient (Wildman–Crippen LogP) is -3.48. The third kappa shape index (κ3) is 8.14. The van der Waals surface area contributed by atoms with Gasteiger partial charge in [0.05, 0.1) is 0 Å². The van der Waals surface area contributed by atoms with E-state index in [1.54, 1.807) is 5.71 Å². The standard InChI is InChI=1S/C7H14N.ClHO4/c1-3-7-5-4-6-8(7)2;2-1(3,4)5/h3-6H2,1-2H3;(H,2,3,4,5)/q+1;/p-1. The van der Waals surface area contributed by atoms with Gasteiger partial charge in [-0.25, -0.2) is 23.2 Å². The van der Waals surface area contributed by atoms with Crippen LogP contribution in [0.25, 0.3) is 0 Å². The lowest BCUT2D eigenvalue weighted by molar-refractivity contribution is -2.00. The Morgan fingerprint density at radius 2 is 1.77 bits per heavy atom. The van der Waals surface area contributed by atoms with Crippen molar-refractivity contribution in [3.05, 3.63) is 0 Å². The van der Waals surface area contributed by atoms with Crippen molar-refractivity contribution in [2.24, 2.45) is 0 Å². The third-order valence-electron chi connectivity index (χ3n) is 1.91. The van der Waals surface area contributed by atoms with E-state index < -0.39 is 10.2 Å². The van der Waals surface area contributed by atoms with Crippen LogP contribution in [0.1, 0.15) is 26.2 Å². The lowest BCUT2D eigenvalue weighted by Gasteiger charge is -2.17. The van der Waals surface area contributed by atoms with Gasteiger partial charge in [-0.15, -0.1) is 10.2 Å². The second-order valence-corrected chi connectivity index (χ2v) is 3.58. The minimum Gasteiger partial charge on any atom is -0.240 e. The van der Waals surface area contributed by atoms with Crippen LogP contribution in [0.3, 0.4) is 0 Å². The van der Waals surface area contributed by atoms with Crippen LogP contribution in [0.5, 0.6) is 0 Å². The molecule has 0 radical (unpaired) electrons. The molecule has 0 N–H and O–H groups in total. The van der Waals surface area contributed by atoms with E-state index in [0.29, 0.717) is 0 Å². The molecule has 1 heterocycles. The number of hydrogen-bond acceptors (Lipinski definition) is 4. The first-order valence-corrected chi connectivity index (χ1v) is 5.25. The van der Waals surface area contributed by atoms with Crippen molar-refractivity contribution in [3.8, 4) is 0 Å². The number of rotatable bonds is 1. The average Bonchev–Trinajstić information content (AvgIpc) is 2.31. The normalized spacial score (nSPS) is 17.1. The van der Waals surface area contributed by atoms with Gasteiger partial charge in [-0.1, -0.05) is 6.92 Å². The maximum absolute atomic E-state index is 8.49. The van der Waals surface area contributed by atoms with Crippen molar-refractivity contribution >= 4 is 5.71 Å². The van der Waals surface area contributed by atoms with Crippen LogP contribution in [-0.2, 0) is 0 Å². The van der Waals surface area contributed by atoms with Crippen LogP contribution in [0.2, 0.25) is 0 Å². The first-order chi connectivity index (χ1) is 5.84. The van der Waals surface area contributed by atoms with E-state index >= 15 is 0 Å². The molecule has 0 aromatic heterocycles. The highest BCUT2D eigenvalue weighted by molar-refractivity contribution is 5.80. The van der Waals surface area contributed by atoms with Gasteiger partial charge in [0.15, 0.2) is 5.71 Å². The Bertz CT molecular complexity index is 181. The van der Waals surface area contributed by atoms with E-state index in [9.17, 15) is 0 Å².